The maximum atomic E-state index is 11.4. The van der Waals surface area contributed by atoms with Gasteiger partial charge < -0.3 is 14.6 Å². The van der Waals surface area contributed by atoms with Gasteiger partial charge in [0.1, 0.15) is 12.4 Å². The Hall–Kier alpha value is -3.53. The second-order valence-corrected chi connectivity index (χ2v) is 6.55. The zero-order valence-corrected chi connectivity index (χ0v) is 16.4. The van der Waals surface area contributed by atoms with Crippen molar-refractivity contribution >= 4 is 12.0 Å². The molecule has 0 saturated heterocycles. The van der Waals surface area contributed by atoms with Gasteiger partial charge in [0.2, 0.25) is 5.76 Å². The van der Waals surface area contributed by atoms with Gasteiger partial charge in [-0.1, -0.05) is 66.7 Å². The van der Waals surface area contributed by atoms with E-state index in [2.05, 4.69) is 12.1 Å². The number of benzene rings is 3. The molecule has 0 atom stereocenters. The summed E-state index contributed by atoms with van der Waals surface area (Å²) < 4.78 is 11.3. The first-order valence-electron chi connectivity index (χ1n) is 9.57. The Bertz CT molecular complexity index is 963. The van der Waals surface area contributed by atoms with E-state index in [9.17, 15) is 9.90 Å². The molecule has 3 aromatic carbocycles. The van der Waals surface area contributed by atoms with Gasteiger partial charge in [-0.2, -0.15) is 0 Å². The molecule has 0 spiro atoms. The van der Waals surface area contributed by atoms with Gasteiger partial charge in [-0.25, -0.2) is 4.79 Å². The minimum Gasteiger partial charge on any atom is -0.489 e. The molecule has 0 bridgehead atoms. The lowest BCUT2D eigenvalue weighted by Gasteiger charge is -2.13. The molecule has 148 valence electrons. The quantitative estimate of drug-likeness (QED) is 0.398. The van der Waals surface area contributed by atoms with E-state index in [4.69, 9.17) is 9.47 Å². The lowest BCUT2D eigenvalue weighted by atomic mass is 10.0. The molecule has 0 amide bonds. The van der Waals surface area contributed by atoms with E-state index >= 15 is 0 Å². The Balaban J connectivity index is 1.90. The third-order valence-electron chi connectivity index (χ3n) is 4.37. The number of ether oxygens (including phenoxy) is 2. The van der Waals surface area contributed by atoms with Gasteiger partial charge >= 0.3 is 5.97 Å². The highest BCUT2D eigenvalue weighted by atomic mass is 16.5. The summed E-state index contributed by atoms with van der Waals surface area (Å²) in [5.74, 6) is -0.375. The van der Waals surface area contributed by atoms with Crippen molar-refractivity contribution in [1.82, 2.24) is 0 Å². The molecule has 4 nitrogen and oxygen atoms in total. The van der Waals surface area contributed by atoms with E-state index in [0.717, 1.165) is 28.0 Å². The van der Waals surface area contributed by atoms with Crippen LogP contribution in [0.15, 0.2) is 84.6 Å². The topological polar surface area (TPSA) is 55.8 Å². The second-order valence-electron chi connectivity index (χ2n) is 6.55. The van der Waals surface area contributed by atoms with Crippen LogP contribution < -0.4 is 4.74 Å². The van der Waals surface area contributed by atoms with Crippen molar-refractivity contribution in [3.63, 3.8) is 0 Å². The van der Waals surface area contributed by atoms with Crippen LogP contribution in [0.2, 0.25) is 0 Å². The van der Waals surface area contributed by atoms with Crippen molar-refractivity contribution in [2.24, 2.45) is 0 Å². The van der Waals surface area contributed by atoms with Gasteiger partial charge in [0.15, 0.2) is 0 Å². The Morgan fingerprint density at radius 2 is 1.59 bits per heavy atom. The Labute approximate surface area is 171 Å². The average Bonchev–Trinajstić information content (AvgIpc) is 2.74. The first-order valence-corrected chi connectivity index (χ1v) is 9.57. The van der Waals surface area contributed by atoms with E-state index in [1.54, 1.807) is 13.0 Å². The van der Waals surface area contributed by atoms with Crippen LogP contribution in [0.4, 0.5) is 0 Å². The Morgan fingerprint density at radius 1 is 0.931 bits per heavy atom. The van der Waals surface area contributed by atoms with Crippen LogP contribution in [0, 0.1) is 0 Å². The summed E-state index contributed by atoms with van der Waals surface area (Å²) in [5.41, 5.74) is 3.99. The molecule has 1 N–H and O–H groups in total. The van der Waals surface area contributed by atoms with Crippen LogP contribution in [0.3, 0.4) is 0 Å². The summed E-state index contributed by atoms with van der Waals surface area (Å²) in [4.78, 5) is 11.4. The molecule has 3 rings (SSSR count). The lowest BCUT2D eigenvalue weighted by molar-refractivity contribution is -0.136. The molecule has 0 radical (unpaired) electrons. The molecule has 0 aliphatic rings. The van der Waals surface area contributed by atoms with Gasteiger partial charge in [-0.15, -0.1) is 0 Å². The predicted molar refractivity (Wildman–Crippen MR) is 114 cm³/mol. The first kappa shape index (κ1) is 20.2. The van der Waals surface area contributed by atoms with Gasteiger partial charge in [-0.3, -0.25) is 0 Å². The molecule has 0 saturated carbocycles. The molecule has 0 aliphatic carbocycles. The molecule has 3 aromatic rings. The van der Waals surface area contributed by atoms with Gasteiger partial charge in [0.25, 0.3) is 0 Å². The lowest BCUT2D eigenvalue weighted by Crippen LogP contribution is -2.05. The van der Waals surface area contributed by atoms with Crippen molar-refractivity contribution in [2.45, 2.75) is 20.0 Å². The smallest absolute Gasteiger partial charge is 0.371 e. The number of hydrogen-bond acceptors (Lipinski definition) is 3. The largest absolute Gasteiger partial charge is 0.489 e. The van der Waals surface area contributed by atoms with E-state index in [1.807, 2.05) is 66.7 Å². The number of carboxylic acid groups (broad SMARTS) is 1. The maximum Gasteiger partial charge on any atom is 0.371 e. The minimum absolute atomic E-state index is 0.0730. The fraction of sp³-hybridized carbons (Fsp3) is 0.160. The number of rotatable bonds is 9. The van der Waals surface area contributed by atoms with E-state index in [0.29, 0.717) is 19.6 Å². The molecule has 0 unspecified atom stereocenters. The summed E-state index contributed by atoms with van der Waals surface area (Å²) >= 11 is 0. The summed E-state index contributed by atoms with van der Waals surface area (Å²) in [5, 5.41) is 9.32. The Kier molecular flexibility index (Phi) is 7.06. The van der Waals surface area contributed by atoms with Gasteiger partial charge in [0, 0.05) is 6.42 Å². The van der Waals surface area contributed by atoms with Gasteiger partial charge in [-0.05, 0) is 47.4 Å². The highest BCUT2D eigenvalue weighted by molar-refractivity contribution is 5.89. The first-order chi connectivity index (χ1) is 14.2. The summed E-state index contributed by atoms with van der Waals surface area (Å²) in [6.45, 7) is 2.53. The van der Waals surface area contributed by atoms with Crippen LogP contribution in [-0.2, 0) is 22.6 Å². The third kappa shape index (κ3) is 5.98. The molecule has 0 aliphatic heterocycles. The molecule has 4 heteroatoms. The van der Waals surface area contributed by atoms with Crippen molar-refractivity contribution in [3.05, 3.63) is 107 Å². The maximum absolute atomic E-state index is 11.4. The van der Waals surface area contributed by atoms with E-state index < -0.39 is 5.97 Å². The highest BCUT2D eigenvalue weighted by Crippen LogP contribution is 2.26. The van der Waals surface area contributed by atoms with Crippen LogP contribution in [0.25, 0.3) is 6.08 Å². The SMILES string of the molecule is CCO/C(=C/c1ccc(OCc2ccccc2)c(Cc2ccccc2)c1)C(=O)O. The zero-order chi connectivity index (χ0) is 20.5. The monoisotopic (exact) mass is 388 g/mol. The van der Waals surface area contributed by atoms with Crippen LogP contribution in [0.5, 0.6) is 5.75 Å². The summed E-state index contributed by atoms with van der Waals surface area (Å²) in [7, 11) is 0. The van der Waals surface area contributed by atoms with Crippen LogP contribution in [-0.4, -0.2) is 17.7 Å². The Morgan fingerprint density at radius 3 is 2.21 bits per heavy atom. The normalized spacial score (nSPS) is 11.1. The number of aliphatic carboxylic acids is 1. The van der Waals surface area contributed by atoms with E-state index in [1.165, 1.54) is 0 Å². The van der Waals surface area contributed by atoms with Crippen LogP contribution in [0.1, 0.15) is 29.2 Å². The fourth-order valence-corrected chi connectivity index (χ4v) is 2.99. The number of carbonyl (C=O) groups is 1. The fourth-order valence-electron chi connectivity index (χ4n) is 2.99. The summed E-state index contributed by atoms with van der Waals surface area (Å²) in [6.07, 6.45) is 2.23. The number of carboxylic acids is 1. The van der Waals surface area contributed by atoms with E-state index in [-0.39, 0.29) is 5.76 Å². The summed E-state index contributed by atoms with van der Waals surface area (Å²) in [6, 6.07) is 25.8. The third-order valence-corrected chi connectivity index (χ3v) is 4.37. The minimum atomic E-state index is -1.08. The van der Waals surface area contributed by atoms with Crippen LogP contribution >= 0.6 is 0 Å². The predicted octanol–water partition coefficient (Wildman–Crippen LogP) is 5.32. The molecular formula is C25H24O4. The average molecular weight is 388 g/mol. The van der Waals surface area contributed by atoms with Crippen molar-refractivity contribution in [2.75, 3.05) is 6.61 Å². The van der Waals surface area contributed by atoms with Crippen molar-refractivity contribution in [1.29, 1.82) is 0 Å². The zero-order valence-electron chi connectivity index (χ0n) is 16.4. The molecular weight excluding hydrogens is 364 g/mol. The van der Waals surface area contributed by atoms with Gasteiger partial charge in [0.05, 0.1) is 6.61 Å². The highest BCUT2D eigenvalue weighted by Gasteiger charge is 2.11. The number of hydrogen-bond donors (Lipinski definition) is 1. The molecule has 29 heavy (non-hydrogen) atoms. The molecule has 0 aromatic heterocycles. The molecule has 0 heterocycles. The standard InChI is InChI=1S/C25H24O4/c1-2-28-24(25(26)27)17-21-13-14-23(29-18-20-11-7-4-8-12-20)22(16-21)15-19-9-5-3-6-10-19/h3-14,16-17H,2,15,18H2,1H3,(H,26,27)/b24-17+. The van der Waals surface area contributed by atoms with Crippen molar-refractivity contribution in [3.8, 4) is 5.75 Å². The second kappa shape index (κ2) is 10.1. The molecule has 0 fully saturated rings. The van der Waals surface area contributed by atoms with Crippen molar-refractivity contribution < 1.29 is 19.4 Å².